The average molecular weight is 323 g/mol. The number of nitrogens with zero attached hydrogens (tertiary/aromatic N) is 1. The maximum atomic E-state index is 12.4. The van der Waals surface area contributed by atoms with Crippen molar-refractivity contribution in [2.45, 2.75) is 13.0 Å². The van der Waals surface area contributed by atoms with Gasteiger partial charge in [0.2, 0.25) is 0 Å². The third kappa shape index (κ3) is 2.58. The lowest BCUT2D eigenvalue weighted by molar-refractivity contribution is -0.138. The Balaban J connectivity index is 1.80. The van der Waals surface area contributed by atoms with Crippen LogP contribution in [0.1, 0.15) is 38.0 Å². The molecule has 0 saturated heterocycles. The van der Waals surface area contributed by atoms with Gasteiger partial charge in [-0.05, 0) is 31.2 Å². The van der Waals surface area contributed by atoms with Gasteiger partial charge in [-0.25, -0.2) is 4.79 Å². The summed E-state index contributed by atoms with van der Waals surface area (Å²) in [5.74, 6) is -1.64. The summed E-state index contributed by atoms with van der Waals surface area (Å²) in [6.07, 6.45) is 0.630. The number of carbonyl (C=O) groups is 4. The Kier molecular flexibility index (Phi) is 3.95. The normalized spacial score (nSPS) is 14.3. The molecule has 2 amide bonds. The molecule has 1 heterocycles. The molecular formula is C18H13NO5. The van der Waals surface area contributed by atoms with Crippen LogP contribution in [0.15, 0.2) is 48.5 Å². The topological polar surface area (TPSA) is 80.8 Å². The van der Waals surface area contributed by atoms with Crippen LogP contribution in [0.3, 0.4) is 0 Å². The van der Waals surface area contributed by atoms with Crippen LogP contribution >= 0.6 is 0 Å². The molecule has 0 saturated carbocycles. The summed E-state index contributed by atoms with van der Waals surface area (Å²) in [4.78, 5) is 48.6. The third-order valence-corrected chi connectivity index (χ3v) is 3.77. The van der Waals surface area contributed by atoms with E-state index in [1.165, 1.54) is 19.1 Å². The number of esters is 1. The zero-order valence-corrected chi connectivity index (χ0v) is 12.8. The minimum atomic E-state index is -1.09. The Morgan fingerprint density at radius 3 is 2.25 bits per heavy atom. The van der Waals surface area contributed by atoms with Crippen molar-refractivity contribution in [3.8, 4) is 5.75 Å². The van der Waals surface area contributed by atoms with Crippen LogP contribution in [0.25, 0.3) is 0 Å². The van der Waals surface area contributed by atoms with Crippen molar-refractivity contribution in [3.63, 3.8) is 0 Å². The predicted octanol–water partition coefficient (Wildman–Crippen LogP) is 2.09. The standard InChI is InChI=1S/C18H13NO5/c1-11(18(23)24-13-6-4-5-12(9-13)10-20)19-16(21)14-7-2-3-8-15(14)17(19)22/h2-11H,1H3/t11-/m0/s1. The summed E-state index contributed by atoms with van der Waals surface area (Å²) in [6.45, 7) is 1.42. The molecule has 2 aromatic rings. The minimum absolute atomic E-state index is 0.174. The molecule has 6 nitrogen and oxygen atoms in total. The summed E-state index contributed by atoms with van der Waals surface area (Å²) in [6, 6.07) is 11.4. The van der Waals surface area contributed by atoms with Gasteiger partial charge in [-0.3, -0.25) is 19.3 Å². The molecule has 1 aliphatic heterocycles. The van der Waals surface area contributed by atoms with E-state index in [2.05, 4.69) is 0 Å². The lowest BCUT2D eigenvalue weighted by atomic mass is 10.1. The molecule has 3 rings (SSSR count). The highest BCUT2D eigenvalue weighted by Gasteiger charge is 2.41. The second-order valence-corrected chi connectivity index (χ2v) is 5.31. The summed E-state index contributed by atoms with van der Waals surface area (Å²) in [5, 5.41) is 0. The highest BCUT2D eigenvalue weighted by molar-refractivity contribution is 6.22. The van der Waals surface area contributed by atoms with E-state index in [1.54, 1.807) is 36.4 Å². The summed E-state index contributed by atoms with van der Waals surface area (Å²) in [5.41, 5.74) is 0.892. The molecule has 6 heteroatoms. The summed E-state index contributed by atoms with van der Waals surface area (Å²) < 4.78 is 5.18. The molecule has 0 spiro atoms. The maximum Gasteiger partial charge on any atom is 0.334 e. The molecule has 120 valence electrons. The first-order chi connectivity index (χ1) is 11.5. The fourth-order valence-electron chi connectivity index (χ4n) is 2.52. The second kappa shape index (κ2) is 6.08. The number of imide groups is 1. The highest BCUT2D eigenvalue weighted by Crippen LogP contribution is 2.25. The minimum Gasteiger partial charge on any atom is -0.425 e. The first-order valence-electron chi connectivity index (χ1n) is 7.27. The van der Waals surface area contributed by atoms with Gasteiger partial charge in [0.05, 0.1) is 11.1 Å². The van der Waals surface area contributed by atoms with Crippen molar-refractivity contribution < 1.29 is 23.9 Å². The smallest absolute Gasteiger partial charge is 0.334 e. The number of hydrogen-bond acceptors (Lipinski definition) is 5. The summed E-state index contributed by atoms with van der Waals surface area (Å²) >= 11 is 0. The van der Waals surface area contributed by atoms with Gasteiger partial charge in [-0.1, -0.05) is 24.3 Å². The molecule has 0 aliphatic carbocycles. The van der Waals surface area contributed by atoms with E-state index >= 15 is 0 Å². The third-order valence-electron chi connectivity index (χ3n) is 3.77. The van der Waals surface area contributed by atoms with E-state index in [1.807, 2.05) is 0 Å². The van der Waals surface area contributed by atoms with Crippen LogP contribution in [-0.4, -0.2) is 35.0 Å². The Labute approximate surface area is 137 Å². The van der Waals surface area contributed by atoms with Gasteiger partial charge < -0.3 is 4.74 Å². The van der Waals surface area contributed by atoms with Crippen LogP contribution in [0.4, 0.5) is 0 Å². The molecule has 0 aromatic heterocycles. The van der Waals surface area contributed by atoms with Gasteiger partial charge in [0.15, 0.2) is 0 Å². The van der Waals surface area contributed by atoms with Crippen LogP contribution in [-0.2, 0) is 4.79 Å². The molecule has 24 heavy (non-hydrogen) atoms. The number of ether oxygens (including phenoxy) is 1. The van der Waals surface area contributed by atoms with Crippen LogP contribution in [0.2, 0.25) is 0 Å². The molecule has 0 fully saturated rings. The van der Waals surface area contributed by atoms with Crippen LogP contribution in [0, 0.1) is 0 Å². The number of benzene rings is 2. The number of amides is 2. The van der Waals surface area contributed by atoms with Gasteiger partial charge in [-0.2, -0.15) is 0 Å². The van der Waals surface area contributed by atoms with Gasteiger partial charge >= 0.3 is 5.97 Å². The fourth-order valence-corrected chi connectivity index (χ4v) is 2.52. The van der Waals surface area contributed by atoms with E-state index in [0.29, 0.717) is 11.8 Å². The molecular weight excluding hydrogens is 310 g/mol. The highest BCUT2D eigenvalue weighted by atomic mass is 16.5. The Hall–Kier alpha value is -3.28. The monoisotopic (exact) mass is 323 g/mol. The quantitative estimate of drug-likeness (QED) is 0.372. The maximum absolute atomic E-state index is 12.4. The Bertz CT molecular complexity index is 823. The zero-order chi connectivity index (χ0) is 17.3. The lowest BCUT2D eigenvalue weighted by Crippen LogP contribution is -2.44. The van der Waals surface area contributed by atoms with Gasteiger partial charge in [0.25, 0.3) is 11.8 Å². The number of fused-ring (bicyclic) bond motifs is 1. The molecule has 0 N–H and O–H groups in total. The number of aldehydes is 1. The van der Waals surface area contributed by atoms with Crippen molar-refractivity contribution >= 4 is 24.1 Å². The molecule has 1 atom stereocenters. The Morgan fingerprint density at radius 2 is 1.67 bits per heavy atom. The van der Waals surface area contributed by atoms with E-state index in [9.17, 15) is 19.2 Å². The Morgan fingerprint density at radius 1 is 1.04 bits per heavy atom. The zero-order valence-electron chi connectivity index (χ0n) is 12.8. The largest absolute Gasteiger partial charge is 0.425 e. The SMILES string of the molecule is C[C@@H](C(=O)Oc1cccc(C=O)c1)N1C(=O)c2ccccc2C1=O. The molecule has 1 aliphatic rings. The molecule has 0 unspecified atom stereocenters. The van der Waals surface area contributed by atoms with Crippen molar-refractivity contribution in [1.29, 1.82) is 0 Å². The number of hydrogen-bond donors (Lipinski definition) is 0. The van der Waals surface area contributed by atoms with Gasteiger partial charge in [0.1, 0.15) is 18.1 Å². The average Bonchev–Trinajstić information content (AvgIpc) is 2.86. The fraction of sp³-hybridized carbons (Fsp3) is 0.111. The van der Waals surface area contributed by atoms with E-state index in [0.717, 1.165) is 4.90 Å². The van der Waals surface area contributed by atoms with E-state index in [4.69, 9.17) is 4.74 Å². The number of rotatable bonds is 4. The summed E-state index contributed by atoms with van der Waals surface area (Å²) in [7, 11) is 0. The molecule has 2 aromatic carbocycles. The van der Waals surface area contributed by atoms with Crippen LogP contribution < -0.4 is 4.74 Å². The molecule has 0 radical (unpaired) electrons. The van der Waals surface area contributed by atoms with Crippen molar-refractivity contribution in [2.75, 3.05) is 0 Å². The molecule has 0 bridgehead atoms. The predicted molar refractivity (Wildman–Crippen MR) is 83.9 cm³/mol. The van der Waals surface area contributed by atoms with Crippen molar-refractivity contribution in [2.24, 2.45) is 0 Å². The van der Waals surface area contributed by atoms with E-state index in [-0.39, 0.29) is 16.9 Å². The van der Waals surface area contributed by atoms with E-state index < -0.39 is 23.8 Å². The second-order valence-electron chi connectivity index (χ2n) is 5.31. The first kappa shape index (κ1) is 15.6. The van der Waals surface area contributed by atoms with Crippen LogP contribution in [0.5, 0.6) is 5.75 Å². The van der Waals surface area contributed by atoms with Crippen molar-refractivity contribution in [3.05, 3.63) is 65.2 Å². The van der Waals surface area contributed by atoms with Gasteiger partial charge in [-0.15, -0.1) is 0 Å². The van der Waals surface area contributed by atoms with Crippen molar-refractivity contribution in [1.82, 2.24) is 4.90 Å². The van der Waals surface area contributed by atoms with Gasteiger partial charge in [0, 0.05) is 5.56 Å². The first-order valence-corrected chi connectivity index (χ1v) is 7.27. The number of carbonyl (C=O) groups excluding carboxylic acids is 4. The lowest BCUT2D eigenvalue weighted by Gasteiger charge is -2.20.